The number of nitrogens with zero attached hydrogens (tertiary/aromatic N) is 3. The Kier molecular flexibility index (Phi) is 3.38. The molecule has 1 amide bonds. The van der Waals surface area contributed by atoms with Crippen molar-refractivity contribution in [3.05, 3.63) is 36.5 Å². The molecule has 5 nitrogen and oxygen atoms in total. The van der Waals surface area contributed by atoms with Crippen molar-refractivity contribution >= 4 is 11.6 Å². The van der Waals surface area contributed by atoms with E-state index in [1.165, 1.54) is 0 Å². The minimum absolute atomic E-state index is 0.0270. The second kappa shape index (κ2) is 4.84. The van der Waals surface area contributed by atoms with Crippen LogP contribution in [0.5, 0.6) is 0 Å². The van der Waals surface area contributed by atoms with Crippen LogP contribution in [-0.2, 0) is 4.79 Å². The summed E-state index contributed by atoms with van der Waals surface area (Å²) in [6, 6.07) is 3.69. The number of aryl methyl sites for hydroxylation is 1. The van der Waals surface area contributed by atoms with E-state index in [9.17, 15) is 4.79 Å². The van der Waals surface area contributed by atoms with Gasteiger partial charge in [-0.1, -0.05) is 20.8 Å². The quantitative estimate of drug-likeness (QED) is 0.900. The number of hydrogen-bond acceptors (Lipinski definition) is 3. The first-order valence-electron chi connectivity index (χ1n) is 6.16. The van der Waals surface area contributed by atoms with Gasteiger partial charge in [-0.3, -0.25) is 9.36 Å². The lowest BCUT2D eigenvalue weighted by Gasteiger charge is -2.17. The number of anilines is 1. The van der Waals surface area contributed by atoms with E-state index in [0.717, 1.165) is 11.6 Å². The average molecular weight is 258 g/mol. The summed E-state index contributed by atoms with van der Waals surface area (Å²) in [5.74, 6) is 1.63. The Labute approximate surface area is 112 Å². The average Bonchev–Trinajstić information content (AvgIpc) is 2.75. The fourth-order valence-corrected chi connectivity index (χ4v) is 1.54. The zero-order valence-corrected chi connectivity index (χ0v) is 11.6. The van der Waals surface area contributed by atoms with Crippen molar-refractivity contribution in [1.29, 1.82) is 0 Å². The third kappa shape index (κ3) is 2.99. The number of amides is 1. The molecule has 19 heavy (non-hydrogen) atoms. The van der Waals surface area contributed by atoms with E-state index in [1.807, 2.05) is 50.6 Å². The van der Waals surface area contributed by atoms with Crippen LogP contribution in [0.25, 0.3) is 5.82 Å². The molecule has 0 fully saturated rings. The number of aromatic nitrogens is 3. The molecule has 0 saturated heterocycles. The van der Waals surface area contributed by atoms with E-state index in [1.54, 1.807) is 12.4 Å². The number of carbonyl (C=O) groups excluding carboxylic acids is 1. The highest BCUT2D eigenvalue weighted by molar-refractivity contribution is 5.94. The van der Waals surface area contributed by atoms with E-state index in [2.05, 4.69) is 15.3 Å². The van der Waals surface area contributed by atoms with Gasteiger partial charge in [0.15, 0.2) is 0 Å². The Bertz CT molecular complexity index is 578. The molecule has 5 heteroatoms. The van der Waals surface area contributed by atoms with Crippen LogP contribution >= 0.6 is 0 Å². The second-order valence-corrected chi connectivity index (χ2v) is 5.45. The van der Waals surface area contributed by atoms with E-state index >= 15 is 0 Å². The first-order chi connectivity index (χ1) is 8.88. The molecule has 0 aliphatic carbocycles. The van der Waals surface area contributed by atoms with Crippen LogP contribution in [0.15, 0.2) is 30.7 Å². The highest BCUT2D eigenvalue weighted by atomic mass is 16.2. The van der Waals surface area contributed by atoms with Crippen molar-refractivity contribution in [2.45, 2.75) is 27.7 Å². The Hall–Kier alpha value is -2.17. The van der Waals surface area contributed by atoms with Crippen LogP contribution in [0, 0.1) is 12.3 Å². The molecule has 0 bridgehead atoms. The summed E-state index contributed by atoms with van der Waals surface area (Å²) in [4.78, 5) is 20.3. The van der Waals surface area contributed by atoms with Gasteiger partial charge >= 0.3 is 0 Å². The van der Waals surface area contributed by atoms with Crippen molar-refractivity contribution in [3.8, 4) is 5.82 Å². The fraction of sp³-hybridized carbons (Fsp3) is 0.357. The molecule has 100 valence electrons. The molecule has 2 aromatic heterocycles. The van der Waals surface area contributed by atoms with Crippen molar-refractivity contribution < 1.29 is 4.79 Å². The molecule has 2 heterocycles. The first-order valence-corrected chi connectivity index (χ1v) is 6.16. The van der Waals surface area contributed by atoms with Gasteiger partial charge in [0, 0.05) is 17.8 Å². The molecule has 0 atom stereocenters. The Morgan fingerprint density at radius 3 is 2.47 bits per heavy atom. The van der Waals surface area contributed by atoms with E-state index in [0.29, 0.717) is 5.69 Å². The maximum Gasteiger partial charge on any atom is 0.229 e. The number of pyridine rings is 1. The first kappa shape index (κ1) is 13.3. The van der Waals surface area contributed by atoms with Gasteiger partial charge < -0.3 is 5.32 Å². The summed E-state index contributed by atoms with van der Waals surface area (Å²) in [5.41, 5.74) is 0.279. The van der Waals surface area contributed by atoms with Gasteiger partial charge in [-0.2, -0.15) is 0 Å². The lowest BCUT2D eigenvalue weighted by molar-refractivity contribution is -0.123. The topological polar surface area (TPSA) is 59.8 Å². The zero-order valence-electron chi connectivity index (χ0n) is 11.6. The Balaban J connectivity index is 2.16. The minimum atomic E-state index is -0.417. The van der Waals surface area contributed by atoms with Gasteiger partial charge in [0.1, 0.15) is 11.6 Å². The van der Waals surface area contributed by atoms with Crippen LogP contribution in [0.4, 0.5) is 5.69 Å². The third-order valence-electron chi connectivity index (χ3n) is 2.76. The van der Waals surface area contributed by atoms with Crippen molar-refractivity contribution in [2.24, 2.45) is 5.41 Å². The number of hydrogen-bond donors (Lipinski definition) is 1. The largest absolute Gasteiger partial charge is 0.324 e. The highest BCUT2D eigenvalue weighted by Crippen LogP contribution is 2.17. The van der Waals surface area contributed by atoms with Crippen LogP contribution in [-0.4, -0.2) is 20.4 Å². The van der Waals surface area contributed by atoms with E-state index < -0.39 is 5.41 Å². The molecular weight excluding hydrogens is 240 g/mol. The minimum Gasteiger partial charge on any atom is -0.324 e. The van der Waals surface area contributed by atoms with Crippen molar-refractivity contribution in [2.75, 3.05) is 5.32 Å². The SMILES string of the molecule is Cc1nccn1-c1ccc(NC(=O)C(C)(C)C)cn1. The molecule has 1 N–H and O–H groups in total. The zero-order chi connectivity index (χ0) is 14.0. The summed E-state index contributed by atoms with van der Waals surface area (Å²) in [7, 11) is 0. The highest BCUT2D eigenvalue weighted by Gasteiger charge is 2.21. The van der Waals surface area contributed by atoms with E-state index in [4.69, 9.17) is 0 Å². The number of nitrogens with one attached hydrogen (secondary N) is 1. The van der Waals surface area contributed by atoms with Crippen LogP contribution in [0.3, 0.4) is 0 Å². The molecule has 2 rings (SSSR count). The van der Waals surface area contributed by atoms with Gasteiger partial charge in [0.2, 0.25) is 5.91 Å². The number of carbonyl (C=O) groups is 1. The number of imidazole rings is 1. The van der Waals surface area contributed by atoms with Crippen LogP contribution in [0.2, 0.25) is 0 Å². The summed E-state index contributed by atoms with van der Waals surface area (Å²) in [6.45, 7) is 7.54. The van der Waals surface area contributed by atoms with Gasteiger partial charge in [-0.25, -0.2) is 9.97 Å². The Morgan fingerprint density at radius 1 is 1.26 bits per heavy atom. The van der Waals surface area contributed by atoms with Gasteiger partial charge in [0.05, 0.1) is 11.9 Å². The maximum atomic E-state index is 11.8. The molecule has 2 aromatic rings. The van der Waals surface area contributed by atoms with Crippen LogP contribution in [0.1, 0.15) is 26.6 Å². The van der Waals surface area contributed by atoms with Gasteiger partial charge in [-0.15, -0.1) is 0 Å². The van der Waals surface area contributed by atoms with Gasteiger partial charge in [0.25, 0.3) is 0 Å². The molecule has 0 unspecified atom stereocenters. The maximum absolute atomic E-state index is 11.8. The molecular formula is C14H18N4O. The molecule has 0 spiro atoms. The monoisotopic (exact) mass is 258 g/mol. The predicted octanol–water partition coefficient (Wildman–Crippen LogP) is 2.56. The lowest BCUT2D eigenvalue weighted by Crippen LogP contribution is -2.27. The molecule has 0 saturated carbocycles. The second-order valence-electron chi connectivity index (χ2n) is 5.45. The third-order valence-corrected chi connectivity index (χ3v) is 2.76. The predicted molar refractivity (Wildman–Crippen MR) is 74.2 cm³/mol. The molecule has 0 aliphatic rings. The normalized spacial score (nSPS) is 11.4. The van der Waals surface area contributed by atoms with Crippen molar-refractivity contribution in [3.63, 3.8) is 0 Å². The summed E-state index contributed by atoms with van der Waals surface area (Å²) in [6.07, 6.45) is 5.23. The number of rotatable bonds is 2. The van der Waals surface area contributed by atoms with Crippen LogP contribution < -0.4 is 5.32 Å². The molecule has 0 aliphatic heterocycles. The summed E-state index contributed by atoms with van der Waals surface area (Å²) in [5, 5.41) is 2.84. The fourth-order valence-electron chi connectivity index (χ4n) is 1.54. The standard InChI is InChI=1S/C14H18N4O/c1-10-15-7-8-18(10)12-6-5-11(9-16-12)17-13(19)14(2,3)4/h5-9H,1-4H3,(H,17,19). The summed E-state index contributed by atoms with van der Waals surface area (Å²) < 4.78 is 1.88. The van der Waals surface area contributed by atoms with E-state index in [-0.39, 0.29) is 5.91 Å². The molecule has 0 radical (unpaired) electrons. The summed E-state index contributed by atoms with van der Waals surface area (Å²) >= 11 is 0. The van der Waals surface area contributed by atoms with Crippen molar-refractivity contribution in [1.82, 2.24) is 14.5 Å². The smallest absolute Gasteiger partial charge is 0.229 e. The van der Waals surface area contributed by atoms with Gasteiger partial charge in [-0.05, 0) is 19.1 Å². The lowest BCUT2D eigenvalue weighted by atomic mass is 9.96. The Morgan fingerprint density at radius 2 is 2.00 bits per heavy atom. The molecule has 0 aromatic carbocycles.